The van der Waals surface area contributed by atoms with Gasteiger partial charge in [0.05, 0.1) is 39.9 Å². The molecule has 1 amide bonds. The number of amides is 1. The first-order chi connectivity index (χ1) is 31.0. The van der Waals surface area contributed by atoms with E-state index in [1.54, 1.807) is 6.08 Å². The van der Waals surface area contributed by atoms with Crippen LogP contribution in [0.2, 0.25) is 0 Å². The Morgan fingerprint density at radius 1 is 0.531 bits per heavy atom. The second-order valence-electron chi connectivity index (χ2n) is 19.6. The maximum Gasteiger partial charge on any atom is 0.472 e. The minimum absolute atomic E-state index is 0.0612. The van der Waals surface area contributed by atoms with Gasteiger partial charge in [0.25, 0.3) is 0 Å². The largest absolute Gasteiger partial charge is 0.472 e. The fraction of sp³-hybridized carbons (Fsp3) is 0.836. The molecule has 9 heteroatoms. The van der Waals surface area contributed by atoms with Crippen molar-refractivity contribution in [1.29, 1.82) is 0 Å². The summed E-state index contributed by atoms with van der Waals surface area (Å²) in [4.78, 5) is 23.0. The second-order valence-corrected chi connectivity index (χ2v) is 21.1. The van der Waals surface area contributed by atoms with E-state index in [-0.39, 0.29) is 19.1 Å². The van der Waals surface area contributed by atoms with Crippen molar-refractivity contribution >= 4 is 13.7 Å². The molecule has 3 N–H and O–H groups in total. The molecule has 0 heterocycles. The van der Waals surface area contributed by atoms with Crippen LogP contribution in [0.4, 0.5) is 0 Å². The van der Waals surface area contributed by atoms with Gasteiger partial charge in [0, 0.05) is 6.42 Å². The number of phosphoric ester groups is 1. The lowest BCUT2D eigenvalue weighted by molar-refractivity contribution is -0.870. The van der Waals surface area contributed by atoms with Crippen molar-refractivity contribution in [3.8, 4) is 0 Å². The molecule has 3 atom stereocenters. The number of carbonyl (C=O) groups excluding carboxylic acids is 1. The van der Waals surface area contributed by atoms with Gasteiger partial charge in [-0.1, -0.05) is 229 Å². The molecule has 8 nitrogen and oxygen atoms in total. The summed E-state index contributed by atoms with van der Waals surface area (Å²) in [5.41, 5.74) is 0. The number of carbonyl (C=O) groups is 1. The van der Waals surface area contributed by atoms with Crippen LogP contribution in [0.1, 0.15) is 245 Å². The van der Waals surface area contributed by atoms with Crippen molar-refractivity contribution in [3.63, 3.8) is 0 Å². The number of aliphatic hydroxyl groups is 1. The van der Waals surface area contributed by atoms with Crippen molar-refractivity contribution < 1.29 is 32.9 Å². The van der Waals surface area contributed by atoms with Gasteiger partial charge >= 0.3 is 7.82 Å². The highest BCUT2D eigenvalue weighted by Crippen LogP contribution is 2.43. The van der Waals surface area contributed by atoms with Crippen LogP contribution in [-0.4, -0.2) is 73.4 Å². The van der Waals surface area contributed by atoms with Crippen molar-refractivity contribution in [2.24, 2.45) is 0 Å². The first-order valence-electron chi connectivity index (χ1n) is 27.0. The Labute approximate surface area is 397 Å². The van der Waals surface area contributed by atoms with E-state index in [1.807, 2.05) is 27.2 Å². The zero-order chi connectivity index (χ0) is 47.1. The van der Waals surface area contributed by atoms with Crippen LogP contribution in [-0.2, 0) is 18.4 Å². The summed E-state index contributed by atoms with van der Waals surface area (Å²) in [6, 6.07) is -0.841. The highest BCUT2D eigenvalue weighted by molar-refractivity contribution is 7.47. The van der Waals surface area contributed by atoms with Gasteiger partial charge in [-0.05, 0) is 57.8 Å². The lowest BCUT2D eigenvalue weighted by atomic mass is 10.0. The van der Waals surface area contributed by atoms with Crippen LogP contribution < -0.4 is 5.32 Å². The third-order valence-electron chi connectivity index (χ3n) is 12.0. The molecule has 0 aliphatic rings. The Balaban J connectivity index is 3.73. The number of hydrogen-bond acceptors (Lipinski definition) is 5. The molecule has 0 bridgehead atoms. The molecule has 0 spiro atoms. The molecule has 0 aliphatic heterocycles. The minimum atomic E-state index is -4.32. The number of unbranched alkanes of at least 4 members (excludes halogenated alkanes) is 30. The number of aliphatic hydroxyl groups excluding tert-OH is 1. The number of hydrogen-bond donors (Lipinski definition) is 3. The summed E-state index contributed by atoms with van der Waals surface area (Å²) in [6.07, 6.45) is 61.4. The number of quaternary nitrogens is 1. The molecule has 0 aromatic rings. The zero-order valence-corrected chi connectivity index (χ0v) is 43.7. The van der Waals surface area contributed by atoms with E-state index in [0.717, 1.165) is 57.8 Å². The molecule has 0 fully saturated rings. The van der Waals surface area contributed by atoms with Crippen LogP contribution in [0.25, 0.3) is 0 Å². The van der Waals surface area contributed by atoms with E-state index in [9.17, 15) is 19.4 Å². The number of allylic oxidation sites excluding steroid dienone is 7. The van der Waals surface area contributed by atoms with Crippen molar-refractivity contribution in [2.75, 3.05) is 40.9 Å². The summed E-state index contributed by atoms with van der Waals surface area (Å²) in [7, 11) is 1.57. The summed E-state index contributed by atoms with van der Waals surface area (Å²) in [6.45, 7) is 4.70. The maximum absolute atomic E-state index is 12.8. The number of phosphoric acid groups is 1. The smallest absolute Gasteiger partial charge is 0.387 e. The van der Waals surface area contributed by atoms with E-state index < -0.39 is 20.0 Å². The highest BCUT2D eigenvalue weighted by atomic mass is 31.2. The van der Waals surface area contributed by atoms with Gasteiger partial charge in [0.1, 0.15) is 13.2 Å². The van der Waals surface area contributed by atoms with Gasteiger partial charge < -0.3 is 19.8 Å². The standard InChI is InChI=1S/C55H105N2O6P/c1-6-8-10-12-13-14-15-16-17-18-19-20-21-22-23-24-25-26-27-28-29-30-31-32-33-34-35-36-37-38-39-40-41-42-43-45-47-49-55(59)56-53(54(58)48-46-44-11-9-7-2)52-63-64(60,61)62-51-50-57(3,4)5/h15-16,18-19,21-22,46,48,53-54,58H,6-14,17,20,23-45,47,49-52H2,1-5H3,(H-,56,59,60,61)/p+1/b16-15-,19-18-,22-21-,48-46+. The molecule has 64 heavy (non-hydrogen) atoms. The molecule has 0 rings (SSSR count). The second kappa shape index (κ2) is 46.6. The number of nitrogens with zero attached hydrogens (tertiary/aromatic N) is 1. The van der Waals surface area contributed by atoms with E-state index >= 15 is 0 Å². The highest BCUT2D eigenvalue weighted by Gasteiger charge is 2.27. The fourth-order valence-corrected chi connectivity index (χ4v) is 8.49. The predicted octanol–water partition coefficient (Wildman–Crippen LogP) is 16.0. The Morgan fingerprint density at radius 3 is 1.33 bits per heavy atom. The molecular weight excluding hydrogens is 816 g/mol. The fourth-order valence-electron chi connectivity index (χ4n) is 7.76. The van der Waals surface area contributed by atoms with E-state index in [1.165, 1.54) is 167 Å². The number of likely N-dealkylation sites (N-methyl/N-ethyl adjacent to an activating group) is 1. The average molecular weight is 922 g/mol. The maximum atomic E-state index is 12.8. The molecule has 0 aliphatic carbocycles. The minimum Gasteiger partial charge on any atom is -0.387 e. The Morgan fingerprint density at radius 2 is 0.891 bits per heavy atom. The topological polar surface area (TPSA) is 105 Å². The van der Waals surface area contributed by atoms with Gasteiger partial charge in [-0.2, -0.15) is 0 Å². The first-order valence-corrected chi connectivity index (χ1v) is 28.5. The average Bonchev–Trinajstić information content (AvgIpc) is 3.25. The molecule has 0 radical (unpaired) electrons. The Kier molecular flexibility index (Phi) is 45.4. The SMILES string of the molecule is CCCCC/C=C/C(O)C(COP(=O)(O)OCC[N+](C)(C)C)NC(=O)CCCCCCCCCCCCCCCCCCCCCCCC/C=C\C/C=C\C/C=C\CCCCCCC. The quantitative estimate of drug-likeness (QED) is 0.0243. The van der Waals surface area contributed by atoms with Gasteiger partial charge in [-0.3, -0.25) is 13.8 Å². The number of rotatable bonds is 49. The van der Waals surface area contributed by atoms with E-state index in [2.05, 4.69) is 55.6 Å². The van der Waals surface area contributed by atoms with Crippen molar-refractivity contribution in [2.45, 2.75) is 257 Å². The summed E-state index contributed by atoms with van der Waals surface area (Å²) >= 11 is 0. The van der Waals surface area contributed by atoms with Crippen LogP contribution in [0, 0.1) is 0 Å². The molecule has 3 unspecified atom stereocenters. The van der Waals surface area contributed by atoms with Gasteiger partial charge in [-0.25, -0.2) is 4.57 Å². The van der Waals surface area contributed by atoms with Crippen LogP contribution >= 0.6 is 7.82 Å². The summed E-state index contributed by atoms with van der Waals surface area (Å²) < 4.78 is 23.4. The van der Waals surface area contributed by atoms with E-state index in [0.29, 0.717) is 17.4 Å². The zero-order valence-electron chi connectivity index (χ0n) is 42.8. The van der Waals surface area contributed by atoms with Crippen LogP contribution in [0.5, 0.6) is 0 Å². The molecule has 0 aromatic heterocycles. The van der Waals surface area contributed by atoms with Crippen molar-refractivity contribution in [1.82, 2.24) is 5.32 Å². The number of nitrogens with one attached hydrogen (secondary N) is 1. The third-order valence-corrected chi connectivity index (χ3v) is 13.0. The predicted molar refractivity (Wildman–Crippen MR) is 277 cm³/mol. The first kappa shape index (κ1) is 62.5. The lowest BCUT2D eigenvalue weighted by Crippen LogP contribution is -2.45. The van der Waals surface area contributed by atoms with Crippen LogP contribution in [0.3, 0.4) is 0 Å². The molecule has 0 saturated carbocycles. The summed E-state index contributed by atoms with van der Waals surface area (Å²) in [5.74, 6) is -0.182. The Bertz CT molecular complexity index is 1180. The van der Waals surface area contributed by atoms with E-state index in [4.69, 9.17) is 9.05 Å². The molecule has 0 saturated heterocycles. The van der Waals surface area contributed by atoms with Crippen LogP contribution in [0.15, 0.2) is 48.6 Å². The molecular formula is C55H106N2O6P+. The van der Waals surface area contributed by atoms with Gasteiger partial charge in [0.15, 0.2) is 0 Å². The Hall–Kier alpha value is -1.54. The molecule has 376 valence electrons. The third kappa shape index (κ3) is 48.4. The van der Waals surface area contributed by atoms with Gasteiger partial charge in [0.2, 0.25) is 5.91 Å². The normalized spacial score (nSPS) is 14.4. The molecule has 0 aromatic carbocycles. The monoisotopic (exact) mass is 922 g/mol. The summed E-state index contributed by atoms with van der Waals surface area (Å²) in [5, 5.41) is 13.6. The van der Waals surface area contributed by atoms with Crippen molar-refractivity contribution in [3.05, 3.63) is 48.6 Å². The van der Waals surface area contributed by atoms with Gasteiger partial charge in [-0.15, -0.1) is 0 Å². The lowest BCUT2D eigenvalue weighted by Gasteiger charge is -2.25.